The van der Waals surface area contributed by atoms with Crippen LogP contribution in [-0.2, 0) is 10.1 Å². The normalized spacial score (nSPS) is 15.7. The monoisotopic (exact) mass is 192 g/mol. The van der Waals surface area contributed by atoms with E-state index >= 15 is 0 Å². The van der Waals surface area contributed by atoms with Gasteiger partial charge >= 0.3 is 0 Å². The van der Waals surface area contributed by atoms with Gasteiger partial charge in [0.1, 0.15) is 0 Å². The van der Waals surface area contributed by atoms with Gasteiger partial charge in [-0.2, -0.15) is 8.42 Å². The highest BCUT2D eigenvalue weighted by Crippen LogP contribution is 2.27. The van der Waals surface area contributed by atoms with Gasteiger partial charge in [0.2, 0.25) is 0 Å². The highest BCUT2D eigenvalue weighted by Gasteiger charge is 2.37. The second kappa shape index (κ2) is 3.58. The Kier molecular flexibility index (Phi) is 3.47. The minimum atomic E-state index is -3.97. The average Bonchev–Trinajstić information content (AvgIpc) is 1.85. The molecule has 0 heterocycles. The molecule has 0 aromatic heterocycles. The summed E-state index contributed by atoms with van der Waals surface area (Å²) in [7, 11) is -3.97. The molecule has 0 aromatic rings. The van der Waals surface area contributed by atoms with Gasteiger partial charge in [0.25, 0.3) is 10.1 Å². The van der Waals surface area contributed by atoms with Crippen molar-refractivity contribution in [2.45, 2.75) is 31.9 Å². The summed E-state index contributed by atoms with van der Waals surface area (Å²) in [5.41, 5.74) is 0. The number of hydrogen-bond acceptors (Lipinski definition) is 2. The zero-order valence-electron chi connectivity index (χ0n) is 7.74. The maximum Gasteiger partial charge on any atom is 0.270 e. The molecule has 0 saturated carbocycles. The van der Waals surface area contributed by atoms with E-state index in [1.807, 2.05) is 0 Å². The van der Waals surface area contributed by atoms with Crippen LogP contribution in [0, 0.1) is 5.92 Å². The first-order chi connectivity index (χ1) is 5.23. The van der Waals surface area contributed by atoms with Crippen molar-refractivity contribution in [3.05, 3.63) is 12.7 Å². The summed E-state index contributed by atoms with van der Waals surface area (Å²) in [4.78, 5) is 0. The molecule has 72 valence electrons. The molecule has 0 radical (unpaired) electrons. The molecule has 0 aliphatic carbocycles. The standard InChI is InChI=1S/C8H16O3S/c1-5-6-7(2)8(3,4)12(9,10)11/h5,7H,1,6H2,2-4H3,(H,9,10,11). The van der Waals surface area contributed by atoms with Crippen molar-refractivity contribution in [3.63, 3.8) is 0 Å². The summed E-state index contributed by atoms with van der Waals surface area (Å²) < 4.78 is 29.6. The summed E-state index contributed by atoms with van der Waals surface area (Å²) >= 11 is 0. The topological polar surface area (TPSA) is 54.4 Å². The third-order valence-electron chi connectivity index (χ3n) is 2.37. The molecular formula is C8H16O3S. The van der Waals surface area contributed by atoms with Crippen LogP contribution in [0.15, 0.2) is 12.7 Å². The van der Waals surface area contributed by atoms with Gasteiger partial charge < -0.3 is 0 Å². The number of hydrogen-bond donors (Lipinski definition) is 1. The molecule has 0 rings (SSSR count). The van der Waals surface area contributed by atoms with E-state index in [9.17, 15) is 8.42 Å². The van der Waals surface area contributed by atoms with Crippen LogP contribution in [0.1, 0.15) is 27.2 Å². The third kappa shape index (κ3) is 2.32. The second-order valence-electron chi connectivity index (χ2n) is 3.50. The first kappa shape index (κ1) is 11.6. The molecule has 1 unspecified atom stereocenters. The van der Waals surface area contributed by atoms with Crippen molar-refractivity contribution < 1.29 is 13.0 Å². The molecule has 1 N–H and O–H groups in total. The van der Waals surface area contributed by atoms with Gasteiger partial charge in [0.05, 0.1) is 4.75 Å². The molecule has 0 spiro atoms. The average molecular weight is 192 g/mol. The predicted molar refractivity (Wildman–Crippen MR) is 49.6 cm³/mol. The molecule has 0 bridgehead atoms. The van der Waals surface area contributed by atoms with Gasteiger partial charge in [0, 0.05) is 0 Å². The smallest absolute Gasteiger partial charge is 0.270 e. The van der Waals surface area contributed by atoms with E-state index in [-0.39, 0.29) is 5.92 Å². The second-order valence-corrected chi connectivity index (χ2v) is 5.51. The lowest BCUT2D eigenvalue weighted by Crippen LogP contribution is -2.37. The van der Waals surface area contributed by atoms with Crippen molar-refractivity contribution in [1.29, 1.82) is 0 Å². The van der Waals surface area contributed by atoms with Crippen LogP contribution >= 0.6 is 0 Å². The fourth-order valence-corrected chi connectivity index (χ4v) is 1.39. The molecule has 0 aromatic carbocycles. The first-order valence-corrected chi connectivity index (χ1v) is 5.25. The molecule has 3 nitrogen and oxygen atoms in total. The SMILES string of the molecule is C=CCC(C)C(C)(C)S(=O)(=O)O. The van der Waals surface area contributed by atoms with Crippen molar-refractivity contribution in [2.24, 2.45) is 5.92 Å². The first-order valence-electron chi connectivity index (χ1n) is 3.81. The van der Waals surface area contributed by atoms with E-state index in [2.05, 4.69) is 6.58 Å². The van der Waals surface area contributed by atoms with Crippen LogP contribution < -0.4 is 0 Å². The fourth-order valence-electron chi connectivity index (χ4n) is 0.788. The van der Waals surface area contributed by atoms with Gasteiger partial charge in [-0.1, -0.05) is 13.0 Å². The Hall–Kier alpha value is -0.350. The Morgan fingerprint density at radius 2 is 2.00 bits per heavy atom. The van der Waals surface area contributed by atoms with Crippen LogP contribution in [0.25, 0.3) is 0 Å². The fraction of sp³-hybridized carbons (Fsp3) is 0.750. The van der Waals surface area contributed by atoms with Crippen molar-refractivity contribution >= 4 is 10.1 Å². The molecular weight excluding hydrogens is 176 g/mol. The van der Waals surface area contributed by atoms with Crippen molar-refractivity contribution in [2.75, 3.05) is 0 Å². The van der Waals surface area contributed by atoms with E-state index in [0.29, 0.717) is 6.42 Å². The van der Waals surface area contributed by atoms with Crippen LogP contribution in [0.5, 0.6) is 0 Å². The largest absolute Gasteiger partial charge is 0.285 e. The lowest BCUT2D eigenvalue weighted by Gasteiger charge is -2.27. The highest BCUT2D eigenvalue weighted by molar-refractivity contribution is 7.87. The van der Waals surface area contributed by atoms with Gasteiger partial charge in [-0.15, -0.1) is 6.58 Å². The molecule has 0 saturated heterocycles. The minimum absolute atomic E-state index is 0.134. The van der Waals surface area contributed by atoms with Gasteiger partial charge in [0.15, 0.2) is 0 Å². The van der Waals surface area contributed by atoms with E-state index in [1.165, 1.54) is 13.8 Å². The Balaban J connectivity index is 4.73. The number of allylic oxidation sites excluding steroid dienone is 1. The van der Waals surface area contributed by atoms with E-state index < -0.39 is 14.9 Å². The zero-order valence-corrected chi connectivity index (χ0v) is 8.56. The van der Waals surface area contributed by atoms with E-state index in [0.717, 1.165) is 0 Å². The lowest BCUT2D eigenvalue weighted by molar-refractivity contribution is 0.378. The Bertz CT molecular complexity index is 251. The van der Waals surface area contributed by atoms with Crippen molar-refractivity contribution in [1.82, 2.24) is 0 Å². The summed E-state index contributed by atoms with van der Waals surface area (Å²) in [6.07, 6.45) is 2.23. The minimum Gasteiger partial charge on any atom is -0.285 e. The molecule has 1 atom stereocenters. The molecule has 0 fully saturated rings. The maximum atomic E-state index is 10.9. The van der Waals surface area contributed by atoms with Gasteiger partial charge in [-0.25, -0.2) is 0 Å². The molecule has 12 heavy (non-hydrogen) atoms. The quantitative estimate of drug-likeness (QED) is 0.546. The van der Waals surface area contributed by atoms with Crippen LogP contribution in [0.2, 0.25) is 0 Å². The summed E-state index contributed by atoms with van der Waals surface area (Å²) in [6, 6.07) is 0. The lowest BCUT2D eigenvalue weighted by atomic mass is 9.94. The van der Waals surface area contributed by atoms with Crippen LogP contribution in [0.4, 0.5) is 0 Å². The molecule has 4 heteroatoms. The van der Waals surface area contributed by atoms with E-state index in [4.69, 9.17) is 4.55 Å². The summed E-state index contributed by atoms with van der Waals surface area (Å²) in [5, 5.41) is 0. The van der Waals surface area contributed by atoms with E-state index in [1.54, 1.807) is 13.0 Å². The van der Waals surface area contributed by atoms with Gasteiger partial charge in [-0.3, -0.25) is 4.55 Å². The van der Waals surface area contributed by atoms with Gasteiger partial charge in [-0.05, 0) is 26.2 Å². The molecule has 0 aliphatic heterocycles. The summed E-state index contributed by atoms with van der Waals surface area (Å²) in [6.45, 7) is 8.31. The maximum absolute atomic E-state index is 10.9. The Morgan fingerprint density at radius 3 is 2.25 bits per heavy atom. The van der Waals surface area contributed by atoms with Crippen LogP contribution in [0.3, 0.4) is 0 Å². The zero-order chi connectivity index (χ0) is 9.99. The Labute approximate surface area is 74.2 Å². The molecule has 0 amide bonds. The predicted octanol–water partition coefficient (Wildman–Crippen LogP) is 1.87. The summed E-state index contributed by atoms with van der Waals surface area (Å²) in [5.74, 6) is -0.134. The Morgan fingerprint density at radius 1 is 1.58 bits per heavy atom. The third-order valence-corrected chi connectivity index (χ3v) is 4.10. The molecule has 0 aliphatic rings. The van der Waals surface area contributed by atoms with Crippen molar-refractivity contribution in [3.8, 4) is 0 Å². The number of rotatable bonds is 4. The van der Waals surface area contributed by atoms with Crippen LogP contribution in [-0.4, -0.2) is 17.7 Å². The highest BCUT2D eigenvalue weighted by atomic mass is 32.2.